The minimum atomic E-state index is -3.35. The second-order valence-electron chi connectivity index (χ2n) is 7.11. The molecule has 0 aromatic heterocycles. The Morgan fingerprint density at radius 3 is 2.46 bits per heavy atom. The summed E-state index contributed by atoms with van der Waals surface area (Å²) in [4.78, 5) is 16.7. The maximum Gasteiger partial charge on any atom is 0.230 e. The van der Waals surface area contributed by atoms with Gasteiger partial charge in [0, 0.05) is 32.2 Å². The van der Waals surface area contributed by atoms with Crippen molar-refractivity contribution >= 4 is 21.4 Å². The first kappa shape index (κ1) is 18.9. The molecule has 1 saturated heterocycles. The Morgan fingerprint density at radius 1 is 1.00 bits per heavy atom. The fourth-order valence-corrected chi connectivity index (χ4v) is 5.58. The Bertz CT molecular complexity index is 1020. The molecule has 2 aromatic carbocycles. The third-order valence-electron chi connectivity index (χ3n) is 5.44. The number of carbonyl (C=O) groups excluding carboxylic acids is 1. The Hall–Kier alpha value is -2.48. The number of nitrogens with zero attached hydrogens (tertiary/aromatic N) is 2. The summed E-state index contributed by atoms with van der Waals surface area (Å²) in [7, 11) is -3.35. The van der Waals surface area contributed by atoms with Crippen molar-refractivity contribution in [2.45, 2.75) is 17.2 Å². The van der Waals surface area contributed by atoms with E-state index in [1.807, 2.05) is 0 Å². The lowest BCUT2D eigenvalue weighted by Gasteiger charge is -2.38. The van der Waals surface area contributed by atoms with Gasteiger partial charge in [-0.15, -0.1) is 0 Å². The van der Waals surface area contributed by atoms with E-state index in [0.717, 1.165) is 18.2 Å². The molecule has 2 aliphatic heterocycles. The van der Waals surface area contributed by atoms with E-state index < -0.39 is 27.4 Å². The zero-order valence-corrected chi connectivity index (χ0v) is 16.0. The number of hydrogen-bond acceptors (Lipinski definition) is 4. The smallest absolute Gasteiger partial charge is 0.230 e. The molecule has 0 radical (unpaired) electrons. The highest BCUT2D eigenvalue weighted by atomic mass is 32.2. The lowest BCUT2D eigenvalue weighted by molar-refractivity contribution is -0.133. The van der Waals surface area contributed by atoms with E-state index in [1.165, 1.54) is 0 Å². The van der Waals surface area contributed by atoms with Crippen LogP contribution in [-0.4, -0.2) is 51.2 Å². The molecule has 0 saturated carbocycles. The molecule has 1 fully saturated rings. The number of hydrogen-bond donors (Lipinski definition) is 0. The number of benzene rings is 2. The van der Waals surface area contributed by atoms with Crippen LogP contribution in [0.15, 0.2) is 47.4 Å². The summed E-state index contributed by atoms with van der Waals surface area (Å²) in [5, 5.41) is 0. The Balaban J connectivity index is 1.50. The highest BCUT2D eigenvalue weighted by Gasteiger charge is 2.36. The zero-order valence-electron chi connectivity index (χ0n) is 15.1. The topological polar surface area (TPSA) is 57.7 Å². The van der Waals surface area contributed by atoms with Crippen LogP contribution in [0.2, 0.25) is 0 Å². The van der Waals surface area contributed by atoms with Crippen LogP contribution in [0, 0.1) is 11.6 Å². The van der Waals surface area contributed by atoms with Crippen molar-refractivity contribution in [1.29, 1.82) is 0 Å². The van der Waals surface area contributed by atoms with Gasteiger partial charge in [-0.25, -0.2) is 17.2 Å². The van der Waals surface area contributed by atoms with Crippen molar-refractivity contribution in [2.75, 3.05) is 36.8 Å². The van der Waals surface area contributed by atoms with Crippen LogP contribution in [0.25, 0.3) is 0 Å². The summed E-state index contributed by atoms with van der Waals surface area (Å²) < 4.78 is 52.0. The minimum Gasteiger partial charge on any atom is -0.366 e. The van der Waals surface area contributed by atoms with Crippen LogP contribution in [-0.2, 0) is 14.6 Å². The van der Waals surface area contributed by atoms with Gasteiger partial charge in [0.05, 0.1) is 22.3 Å². The van der Waals surface area contributed by atoms with Crippen molar-refractivity contribution in [1.82, 2.24) is 4.90 Å². The summed E-state index contributed by atoms with van der Waals surface area (Å²) in [5.74, 6) is -1.64. The van der Waals surface area contributed by atoms with E-state index in [4.69, 9.17) is 0 Å². The number of amides is 1. The third kappa shape index (κ3) is 3.37. The predicted molar refractivity (Wildman–Crippen MR) is 101 cm³/mol. The lowest BCUT2D eigenvalue weighted by atomic mass is 9.94. The summed E-state index contributed by atoms with van der Waals surface area (Å²) in [6.45, 7) is 1.53. The summed E-state index contributed by atoms with van der Waals surface area (Å²) >= 11 is 0. The average molecular weight is 406 g/mol. The molecule has 4 rings (SSSR count). The molecule has 2 heterocycles. The van der Waals surface area contributed by atoms with Crippen molar-refractivity contribution in [3.8, 4) is 0 Å². The molecule has 1 atom stereocenters. The van der Waals surface area contributed by atoms with E-state index in [0.29, 0.717) is 31.7 Å². The van der Waals surface area contributed by atoms with Gasteiger partial charge in [0.1, 0.15) is 11.6 Å². The van der Waals surface area contributed by atoms with Crippen LogP contribution in [0.3, 0.4) is 0 Å². The maximum atomic E-state index is 14.0. The number of piperazine rings is 1. The highest BCUT2D eigenvalue weighted by molar-refractivity contribution is 7.91. The molecule has 0 aliphatic carbocycles. The number of rotatable bonds is 2. The van der Waals surface area contributed by atoms with Crippen LogP contribution < -0.4 is 4.90 Å². The lowest BCUT2D eigenvalue weighted by Crippen LogP contribution is -2.50. The first-order chi connectivity index (χ1) is 13.4. The van der Waals surface area contributed by atoms with Gasteiger partial charge in [0.15, 0.2) is 9.84 Å². The minimum absolute atomic E-state index is 0.0467. The fraction of sp³-hybridized carbons (Fsp3) is 0.350. The van der Waals surface area contributed by atoms with Crippen LogP contribution >= 0.6 is 0 Å². The summed E-state index contributed by atoms with van der Waals surface area (Å²) in [6, 6.07) is 9.99. The second kappa shape index (κ2) is 7.16. The molecule has 148 valence electrons. The van der Waals surface area contributed by atoms with Gasteiger partial charge < -0.3 is 9.80 Å². The van der Waals surface area contributed by atoms with Gasteiger partial charge in [-0.05, 0) is 30.2 Å². The molecule has 1 unspecified atom stereocenters. The molecule has 2 aliphatic rings. The van der Waals surface area contributed by atoms with E-state index >= 15 is 0 Å². The standard InChI is InChI=1S/C20H20F2N2O3S/c21-14-5-6-17(22)18(13-14)23-8-10-24(11-9-23)20(25)16-7-12-28(26,27)19-4-2-1-3-15(16)19/h1-6,13,16H,7-12H2. The highest BCUT2D eigenvalue weighted by Crippen LogP contribution is 2.35. The molecule has 0 N–H and O–H groups in total. The molecule has 1 amide bonds. The first-order valence-electron chi connectivity index (χ1n) is 9.17. The number of fused-ring (bicyclic) bond motifs is 1. The average Bonchev–Trinajstić information content (AvgIpc) is 2.70. The van der Waals surface area contributed by atoms with Crippen molar-refractivity contribution < 1.29 is 22.0 Å². The van der Waals surface area contributed by atoms with Gasteiger partial charge in [0.25, 0.3) is 0 Å². The quantitative estimate of drug-likeness (QED) is 0.769. The summed E-state index contributed by atoms with van der Waals surface area (Å²) in [6.07, 6.45) is 0.261. The van der Waals surface area contributed by atoms with E-state index in [2.05, 4.69) is 0 Å². The van der Waals surface area contributed by atoms with Crippen LogP contribution in [0.5, 0.6) is 0 Å². The Morgan fingerprint density at radius 2 is 1.71 bits per heavy atom. The SMILES string of the molecule is O=C(C1CCS(=O)(=O)c2ccccc21)N1CCN(c2cc(F)ccc2F)CC1. The van der Waals surface area contributed by atoms with E-state index in [-0.39, 0.29) is 28.7 Å². The molecule has 0 bridgehead atoms. The normalized spacial score (nSPS) is 21.3. The number of sulfone groups is 1. The van der Waals surface area contributed by atoms with Crippen LogP contribution in [0.4, 0.5) is 14.5 Å². The van der Waals surface area contributed by atoms with E-state index in [9.17, 15) is 22.0 Å². The molecular weight excluding hydrogens is 386 g/mol. The molecule has 8 heteroatoms. The van der Waals surface area contributed by atoms with E-state index in [1.54, 1.807) is 34.1 Å². The first-order valence-corrected chi connectivity index (χ1v) is 10.8. The Labute approximate surface area is 162 Å². The van der Waals surface area contributed by atoms with Gasteiger partial charge in [-0.3, -0.25) is 4.79 Å². The zero-order chi connectivity index (χ0) is 19.9. The molecule has 28 heavy (non-hydrogen) atoms. The number of carbonyl (C=O) groups is 1. The molecule has 0 spiro atoms. The third-order valence-corrected chi connectivity index (χ3v) is 7.26. The van der Waals surface area contributed by atoms with Gasteiger partial charge in [0.2, 0.25) is 5.91 Å². The molecule has 2 aromatic rings. The molecular formula is C20H20F2N2O3S. The number of halogens is 2. The fourth-order valence-electron chi connectivity index (χ4n) is 3.96. The van der Waals surface area contributed by atoms with Crippen molar-refractivity contribution in [2.24, 2.45) is 0 Å². The largest absolute Gasteiger partial charge is 0.366 e. The predicted octanol–water partition coefficient (Wildman–Crippen LogP) is 2.57. The Kier molecular flexibility index (Phi) is 4.82. The molecule has 5 nitrogen and oxygen atoms in total. The second-order valence-corrected chi connectivity index (χ2v) is 9.18. The number of anilines is 1. The van der Waals surface area contributed by atoms with Crippen LogP contribution in [0.1, 0.15) is 17.9 Å². The maximum absolute atomic E-state index is 14.0. The van der Waals surface area contributed by atoms with Crippen molar-refractivity contribution in [3.63, 3.8) is 0 Å². The van der Waals surface area contributed by atoms with Gasteiger partial charge >= 0.3 is 0 Å². The van der Waals surface area contributed by atoms with Gasteiger partial charge in [-0.1, -0.05) is 18.2 Å². The van der Waals surface area contributed by atoms with Crippen molar-refractivity contribution in [3.05, 3.63) is 59.7 Å². The monoisotopic (exact) mass is 406 g/mol. The summed E-state index contributed by atoms with van der Waals surface area (Å²) in [5.41, 5.74) is 0.749. The van der Waals surface area contributed by atoms with Gasteiger partial charge in [-0.2, -0.15) is 0 Å².